The first-order chi connectivity index (χ1) is 6.59. The monoisotopic (exact) mass is 195 g/mol. The van der Waals surface area contributed by atoms with Crippen molar-refractivity contribution in [1.82, 2.24) is 5.43 Å². The van der Waals surface area contributed by atoms with Crippen LogP contribution in [0.4, 0.5) is 4.79 Å². The molecule has 4 nitrogen and oxygen atoms in total. The summed E-state index contributed by atoms with van der Waals surface area (Å²) in [6.45, 7) is 4.35. The summed E-state index contributed by atoms with van der Waals surface area (Å²) in [5.41, 5.74) is 10.0. The molecule has 2 amide bonds. The Kier molecular flexibility index (Phi) is 3.68. The molecule has 0 saturated carbocycles. The Morgan fingerprint density at radius 3 is 2.64 bits per heavy atom. The van der Waals surface area contributed by atoms with Crippen molar-refractivity contribution in [3.63, 3.8) is 0 Å². The second-order valence-electron chi connectivity index (χ2n) is 3.86. The molecule has 1 aliphatic rings. The molecule has 0 spiro atoms. The number of carbonyl (C=O) groups excluding carboxylic acids is 1. The Balaban J connectivity index is 2.22. The van der Waals surface area contributed by atoms with Crippen molar-refractivity contribution in [3.8, 4) is 0 Å². The molecule has 4 heteroatoms. The third-order valence-electron chi connectivity index (χ3n) is 2.62. The molecule has 0 fully saturated rings. The zero-order valence-corrected chi connectivity index (χ0v) is 8.71. The summed E-state index contributed by atoms with van der Waals surface area (Å²) in [7, 11) is 0. The molecule has 0 unspecified atom stereocenters. The van der Waals surface area contributed by atoms with E-state index in [4.69, 9.17) is 5.73 Å². The SMILES string of the molecule is CC1=C(C)CC(C/C=N/NC(N)=O)C1. The zero-order valence-electron chi connectivity index (χ0n) is 8.71. The van der Waals surface area contributed by atoms with Crippen molar-refractivity contribution in [1.29, 1.82) is 0 Å². The number of nitrogens with one attached hydrogen (secondary N) is 1. The van der Waals surface area contributed by atoms with Gasteiger partial charge < -0.3 is 5.73 Å². The number of rotatable bonds is 3. The first-order valence-electron chi connectivity index (χ1n) is 4.81. The summed E-state index contributed by atoms with van der Waals surface area (Å²) in [6.07, 6.45) is 4.92. The van der Waals surface area contributed by atoms with Crippen LogP contribution in [0.1, 0.15) is 33.1 Å². The molecule has 0 heterocycles. The molecular weight excluding hydrogens is 178 g/mol. The highest BCUT2D eigenvalue weighted by Gasteiger charge is 2.17. The third-order valence-corrected chi connectivity index (χ3v) is 2.62. The fourth-order valence-electron chi connectivity index (χ4n) is 1.76. The van der Waals surface area contributed by atoms with E-state index in [0.717, 1.165) is 19.3 Å². The van der Waals surface area contributed by atoms with Crippen LogP contribution in [0.2, 0.25) is 0 Å². The lowest BCUT2D eigenvalue weighted by atomic mass is 10.0. The van der Waals surface area contributed by atoms with Gasteiger partial charge >= 0.3 is 6.03 Å². The van der Waals surface area contributed by atoms with Crippen molar-refractivity contribution < 1.29 is 4.79 Å². The van der Waals surface area contributed by atoms with E-state index in [9.17, 15) is 4.79 Å². The van der Waals surface area contributed by atoms with E-state index in [1.54, 1.807) is 6.21 Å². The van der Waals surface area contributed by atoms with E-state index < -0.39 is 6.03 Å². The molecule has 0 saturated heterocycles. The van der Waals surface area contributed by atoms with E-state index >= 15 is 0 Å². The minimum absolute atomic E-state index is 0.613. The normalized spacial score (nSPS) is 18.1. The van der Waals surface area contributed by atoms with Gasteiger partial charge in [-0.1, -0.05) is 11.1 Å². The van der Waals surface area contributed by atoms with E-state index in [1.807, 2.05) is 0 Å². The van der Waals surface area contributed by atoms with Crippen molar-refractivity contribution >= 4 is 12.2 Å². The van der Waals surface area contributed by atoms with Gasteiger partial charge in [-0.05, 0) is 39.0 Å². The van der Waals surface area contributed by atoms with Crippen LogP contribution < -0.4 is 11.2 Å². The molecule has 1 rings (SSSR count). The summed E-state index contributed by atoms with van der Waals surface area (Å²) < 4.78 is 0. The van der Waals surface area contributed by atoms with Crippen molar-refractivity contribution in [2.45, 2.75) is 33.1 Å². The summed E-state index contributed by atoms with van der Waals surface area (Å²) in [5, 5.41) is 3.72. The fourth-order valence-corrected chi connectivity index (χ4v) is 1.76. The Bertz CT molecular complexity index is 267. The minimum atomic E-state index is -0.613. The Hall–Kier alpha value is -1.32. The lowest BCUT2D eigenvalue weighted by molar-refractivity contribution is 0.249. The maximum absolute atomic E-state index is 10.3. The van der Waals surface area contributed by atoms with E-state index in [2.05, 4.69) is 24.4 Å². The van der Waals surface area contributed by atoms with Crippen LogP contribution in [-0.4, -0.2) is 12.2 Å². The largest absolute Gasteiger partial charge is 0.350 e. The number of amides is 2. The van der Waals surface area contributed by atoms with Crippen LogP contribution in [0.3, 0.4) is 0 Å². The van der Waals surface area contributed by atoms with E-state index in [-0.39, 0.29) is 0 Å². The molecule has 78 valence electrons. The highest BCUT2D eigenvalue weighted by atomic mass is 16.2. The van der Waals surface area contributed by atoms with Gasteiger partial charge in [0.1, 0.15) is 0 Å². The second-order valence-corrected chi connectivity index (χ2v) is 3.86. The average Bonchev–Trinajstić information content (AvgIpc) is 2.40. The number of hydrogen-bond acceptors (Lipinski definition) is 2. The lowest BCUT2D eigenvalue weighted by Gasteiger charge is -2.04. The topological polar surface area (TPSA) is 67.5 Å². The molecule has 0 aromatic heterocycles. The summed E-state index contributed by atoms with van der Waals surface area (Å²) >= 11 is 0. The predicted molar refractivity (Wildman–Crippen MR) is 56.9 cm³/mol. The molecule has 1 aliphatic carbocycles. The number of carbonyl (C=O) groups is 1. The first kappa shape index (κ1) is 10.8. The standard InChI is InChI=1S/C10H17N3O/c1-7-5-9(6-8(7)2)3-4-12-13-10(11)14/h4,9H,3,5-6H2,1-2H3,(H3,11,13,14)/b12-4+. The maximum Gasteiger partial charge on any atom is 0.332 e. The van der Waals surface area contributed by atoms with E-state index in [0.29, 0.717) is 5.92 Å². The van der Waals surface area contributed by atoms with Gasteiger partial charge in [-0.25, -0.2) is 10.2 Å². The molecule has 0 aliphatic heterocycles. The lowest BCUT2D eigenvalue weighted by Crippen LogP contribution is -2.24. The van der Waals surface area contributed by atoms with Gasteiger partial charge in [0.05, 0.1) is 0 Å². The molecule has 0 radical (unpaired) electrons. The van der Waals surface area contributed by atoms with Crippen LogP contribution in [0.25, 0.3) is 0 Å². The molecule has 0 atom stereocenters. The van der Waals surface area contributed by atoms with Gasteiger partial charge in [0.2, 0.25) is 0 Å². The predicted octanol–water partition coefficient (Wildman–Crippen LogP) is 1.78. The molecule has 0 aromatic rings. The van der Waals surface area contributed by atoms with Gasteiger partial charge in [0.15, 0.2) is 0 Å². The number of nitrogens with two attached hydrogens (primary N) is 1. The van der Waals surface area contributed by atoms with Gasteiger partial charge in [-0.15, -0.1) is 0 Å². The Morgan fingerprint density at radius 1 is 1.57 bits per heavy atom. The number of hydrogen-bond donors (Lipinski definition) is 2. The quantitative estimate of drug-likeness (QED) is 0.402. The maximum atomic E-state index is 10.3. The van der Waals surface area contributed by atoms with Crippen LogP contribution in [-0.2, 0) is 0 Å². The molecule has 14 heavy (non-hydrogen) atoms. The van der Waals surface area contributed by atoms with Crippen molar-refractivity contribution in [3.05, 3.63) is 11.1 Å². The number of hydrazone groups is 1. The highest BCUT2D eigenvalue weighted by Crippen LogP contribution is 2.32. The second kappa shape index (κ2) is 4.79. The first-order valence-corrected chi connectivity index (χ1v) is 4.81. The number of nitrogens with zero attached hydrogens (tertiary/aromatic N) is 1. The summed E-state index contributed by atoms with van der Waals surface area (Å²) in [4.78, 5) is 10.3. The zero-order chi connectivity index (χ0) is 10.6. The number of primary amides is 1. The van der Waals surface area contributed by atoms with Gasteiger partial charge in [-0.3, -0.25) is 0 Å². The smallest absolute Gasteiger partial charge is 0.332 e. The number of allylic oxidation sites excluding steroid dienone is 2. The average molecular weight is 195 g/mol. The van der Waals surface area contributed by atoms with Crippen LogP contribution in [0.15, 0.2) is 16.2 Å². The molecule has 0 aromatic carbocycles. The summed E-state index contributed by atoms with van der Waals surface area (Å²) in [6, 6.07) is -0.613. The van der Waals surface area contributed by atoms with Crippen LogP contribution in [0, 0.1) is 5.92 Å². The molecule has 3 N–H and O–H groups in total. The summed E-state index contributed by atoms with van der Waals surface area (Å²) in [5.74, 6) is 0.647. The van der Waals surface area contributed by atoms with Gasteiger partial charge in [0, 0.05) is 6.21 Å². The fraction of sp³-hybridized carbons (Fsp3) is 0.600. The van der Waals surface area contributed by atoms with E-state index in [1.165, 1.54) is 11.1 Å². The number of urea groups is 1. The molecular formula is C10H17N3O. The van der Waals surface area contributed by atoms with Crippen molar-refractivity contribution in [2.75, 3.05) is 0 Å². The highest BCUT2D eigenvalue weighted by molar-refractivity contribution is 5.72. The van der Waals surface area contributed by atoms with Crippen LogP contribution >= 0.6 is 0 Å². The Morgan fingerprint density at radius 2 is 2.14 bits per heavy atom. The van der Waals surface area contributed by atoms with Gasteiger partial charge in [-0.2, -0.15) is 5.10 Å². The molecule has 0 bridgehead atoms. The minimum Gasteiger partial charge on any atom is -0.350 e. The van der Waals surface area contributed by atoms with Crippen molar-refractivity contribution in [2.24, 2.45) is 16.8 Å². The van der Waals surface area contributed by atoms with Crippen LogP contribution in [0.5, 0.6) is 0 Å². The van der Waals surface area contributed by atoms with Gasteiger partial charge in [0.25, 0.3) is 0 Å². The Labute approximate surface area is 84.2 Å². The third kappa shape index (κ3) is 3.20.